The van der Waals surface area contributed by atoms with E-state index >= 15 is 0 Å². The Labute approximate surface area is 181 Å². The first-order chi connectivity index (χ1) is 14.3. The van der Waals surface area contributed by atoms with Crippen LogP contribution in [0.2, 0.25) is 5.02 Å². The summed E-state index contributed by atoms with van der Waals surface area (Å²) in [6, 6.07) is 10.8. The second-order valence-corrected chi connectivity index (χ2v) is 8.39. The molecule has 0 bridgehead atoms. The number of halogens is 1. The van der Waals surface area contributed by atoms with Gasteiger partial charge in [0.2, 0.25) is 11.9 Å². The van der Waals surface area contributed by atoms with Crippen LogP contribution in [0.3, 0.4) is 0 Å². The standard InChI is InChI=1S/C20H19ClN6O2S/c1-26(2)17(28)10-22-18(29)11-4-7-15-14(8-11)23-19(27(15)3)25-20-24-13-6-5-12(21)9-16(13)30-20/h4-9H,10H2,1-3H3,(H,22,29)(H,23,24,25). The maximum atomic E-state index is 12.4. The Morgan fingerprint density at radius 3 is 2.70 bits per heavy atom. The molecule has 0 unspecified atom stereocenters. The molecule has 0 aliphatic carbocycles. The summed E-state index contributed by atoms with van der Waals surface area (Å²) >= 11 is 7.54. The van der Waals surface area contributed by atoms with Gasteiger partial charge in [0, 0.05) is 31.7 Å². The van der Waals surface area contributed by atoms with Crippen LogP contribution in [0.4, 0.5) is 11.1 Å². The van der Waals surface area contributed by atoms with Crippen LogP contribution < -0.4 is 10.6 Å². The molecule has 0 radical (unpaired) electrons. The van der Waals surface area contributed by atoms with E-state index in [0.29, 0.717) is 27.2 Å². The van der Waals surface area contributed by atoms with Gasteiger partial charge in [-0.2, -0.15) is 0 Å². The first-order valence-corrected chi connectivity index (χ1v) is 10.3. The van der Waals surface area contributed by atoms with Gasteiger partial charge in [-0.1, -0.05) is 22.9 Å². The summed E-state index contributed by atoms with van der Waals surface area (Å²) < 4.78 is 2.88. The molecule has 0 saturated carbocycles. The molecule has 8 nitrogen and oxygen atoms in total. The number of anilines is 2. The predicted molar refractivity (Wildman–Crippen MR) is 120 cm³/mol. The quantitative estimate of drug-likeness (QED) is 0.494. The van der Waals surface area contributed by atoms with Crippen molar-refractivity contribution in [1.82, 2.24) is 24.8 Å². The van der Waals surface area contributed by atoms with E-state index in [4.69, 9.17) is 11.6 Å². The summed E-state index contributed by atoms with van der Waals surface area (Å²) in [4.78, 5) is 34.6. The third-order valence-electron chi connectivity index (χ3n) is 4.61. The Hall–Kier alpha value is -3.17. The molecule has 2 N–H and O–H groups in total. The lowest BCUT2D eigenvalue weighted by Gasteiger charge is -2.10. The number of aryl methyl sites for hydroxylation is 1. The van der Waals surface area contributed by atoms with E-state index in [0.717, 1.165) is 15.7 Å². The fourth-order valence-corrected chi connectivity index (χ4v) is 4.05. The maximum Gasteiger partial charge on any atom is 0.251 e. The monoisotopic (exact) mass is 442 g/mol. The first-order valence-electron chi connectivity index (χ1n) is 9.10. The van der Waals surface area contributed by atoms with Crippen molar-refractivity contribution in [3.63, 3.8) is 0 Å². The second kappa shape index (κ2) is 7.92. The van der Waals surface area contributed by atoms with Crippen molar-refractivity contribution in [3.05, 3.63) is 47.0 Å². The summed E-state index contributed by atoms with van der Waals surface area (Å²) in [7, 11) is 5.17. The molecular formula is C20H19ClN6O2S. The normalized spacial score (nSPS) is 11.1. The molecule has 0 saturated heterocycles. The zero-order valence-corrected chi connectivity index (χ0v) is 18.1. The fourth-order valence-electron chi connectivity index (χ4n) is 2.92. The van der Waals surface area contributed by atoms with Gasteiger partial charge in [0.25, 0.3) is 5.91 Å². The van der Waals surface area contributed by atoms with Crippen LogP contribution in [0.5, 0.6) is 0 Å². The highest BCUT2D eigenvalue weighted by molar-refractivity contribution is 7.22. The number of nitrogens with one attached hydrogen (secondary N) is 2. The van der Waals surface area contributed by atoms with Crippen molar-refractivity contribution < 1.29 is 9.59 Å². The lowest BCUT2D eigenvalue weighted by Crippen LogP contribution is -2.36. The number of amides is 2. The SMILES string of the molecule is CN(C)C(=O)CNC(=O)c1ccc2c(c1)nc(Nc1nc3ccc(Cl)cc3s1)n2C. The largest absolute Gasteiger partial charge is 0.347 e. The summed E-state index contributed by atoms with van der Waals surface area (Å²) in [6.07, 6.45) is 0. The van der Waals surface area contributed by atoms with Gasteiger partial charge in [0.1, 0.15) is 0 Å². The molecule has 0 spiro atoms. The average molecular weight is 443 g/mol. The maximum absolute atomic E-state index is 12.4. The highest BCUT2D eigenvalue weighted by atomic mass is 35.5. The van der Waals surface area contributed by atoms with Gasteiger partial charge in [-0.05, 0) is 36.4 Å². The van der Waals surface area contributed by atoms with Gasteiger partial charge in [-0.25, -0.2) is 9.97 Å². The lowest BCUT2D eigenvalue weighted by atomic mass is 10.2. The Bertz CT molecular complexity index is 1280. The van der Waals surface area contributed by atoms with Crippen LogP contribution in [-0.2, 0) is 11.8 Å². The Kier molecular flexibility index (Phi) is 5.31. The van der Waals surface area contributed by atoms with E-state index in [1.54, 1.807) is 32.3 Å². The number of hydrogen-bond acceptors (Lipinski definition) is 6. The van der Waals surface area contributed by atoms with E-state index < -0.39 is 0 Å². The van der Waals surface area contributed by atoms with Crippen molar-refractivity contribution in [2.24, 2.45) is 7.05 Å². The molecular weight excluding hydrogens is 424 g/mol. The van der Waals surface area contributed by atoms with Crippen molar-refractivity contribution in [2.75, 3.05) is 26.0 Å². The number of nitrogens with zero attached hydrogens (tertiary/aromatic N) is 4. The smallest absolute Gasteiger partial charge is 0.251 e. The third-order valence-corrected chi connectivity index (χ3v) is 5.78. The summed E-state index contributed by atoms with van der Waals surface area (Å²) in [6.45, 7) is -0.0550. The van der Waals surface area contributed by atoms with Gasteiger partial charge in [0.15, 0.2) is 5.13 Å². The van der Waals surface area contributed by atoms with Crippen LogP contribution >= 0.6 is 22.9 Å². The number of thiazole rings is 1. The minimum Gasteiger partial charge on any atom is -0.347 e. The molecule has 2 aromatic carbocycles. The third kappa shape index (κ3) is 3.94. The number of carbonyl (C=O) groups excluding carboxylic acids is 2. The van der Waals surface area contributed by atoms with E-state index in [1.165, 1.54) is 16.2 Å². The molecule has 2 amide bonds. The van der Waals surface area contributed by atoms with Gasteiger partial charge < -0.3 is 20.1 Å². The predicted octanol–water partition coefficient (Wildman–Crippen LogP) is 3.40. The molecule has 0 atom stereocenters. The zero-order valence-electron chi connectivity index (χ0n) is 16.6. The van der Waals surface area contributed by atoms with Gasteiger partial charge in [-0.15, -0.1) is 0 Å². The van der Waals surface area contributed by atoms with E-state index in [-0.39, 0.29) is 18.4 Å². The van der Waals surface area contributed by atoms with Gasteiger partial charge in [0.05, 0.1) is 27.8 Å². The van der Waals surface area contributed by atoms with E-state index in [2.05, 4.69) is 20.6 Å². The van der Waals surface area contributed by atoms with E-state index in [1.807, 2.05) is 29.8 Å². The summed E-state index contributed by atoms with van der Waals surface area (Å²) in [5.74, 6) is 0.108. The number of benzene rings is 2. The van der Waals surface area contributed by atoms with Crippen LogP contribution in [0.15, 0.2) is 36.4 Å². The number of aromatic nitrogens is 3. The average Bonchev–Trinajstić information content (AvgIpc) is 3.25. The molecule has 154 valence electrons. The van der Waals surface area contributed by atoms with E-state index in [9.17, 15) is 9.59 Å². The fraction of sp³-hybridized carbons (Fsp3) is 0.200. The molecule has 2 aromatic heterocycles. The lowest BCUT2D eigenvalue weighted by molar-refractivity contribution is -0.127. The molecule has 0 fully saturated rings. The molecule has 0 aliphatic rings. The minimum atomic E-state index is -0.324. The Balaban J connectivity index is 1.57. The van der Waals surface area contributed by atoms with Crippen molar-refractivity contribution >= 4 is 67.1 Å². The molecule has 4 rings (SSSR count). The van der Waals surface area contributed by atoms with Crippen LogP contribution in [0.1, 0.15) is 10.4 Å². The number of imidazole rings is 1. The van der Waals surface area contributed by atoms with Crippen molar-refractivity contribution in [3.8, 4) is 0 Å². The molecule has 4 aromatic rings. The van der Waals surface area contributed by atoms with Crippen molar-refractivity contribution in [2.45, 2.75) is 0 Å². The second-order valence-electron chi connectivity index (χ2n) is 6.92. The van der Waals surface area contributed by atoms with Crippen LogP contribution in [0, 0.1) is 0 Å². The van der Waals surface area contributed by atoms with Crippen LogP contribution in [-0.4, -0.2) is 51.9 Å². The zero-order chi connectivity index (χ0) is 21.4. The first kappa shape index (κ1) is 20.1. The molecule has 10 heteroatoms. The molecule has 0 aliphatic heterocycles. The number of hydrogen-bond donors (Lipinski definition) is 2. The number of fused-ring (bicyclic) bond motifs is 2. The number of carbonyl (C=O) groups is 2. The molecule has 30 heavy (non-hydrogen) atoms. The Morgan fingerprint density at radius 2 is 1.93 bits per heavy atom. The Morgan fingerprint density at radius 1 is 1.13 bits per heavy atom. The van der Waals surface area contributed by atoms with Gasteiger partial charge in [-0.3, -0.25) is 9.59 Å². The van der Waals surface area contributed by atoms with Crippen LogP contribution in [0.25, 0.3) is 21.3 Å². The molecule has 2 heterocycles. The highest BCUT2D eigenvalue weighted by Crippen LogP contribution is 2.31. The summed E-state index contributed by atoms with van der Waals surface area (Å²) in [5, 5.41) is 7.23. The summed E-state index contributed by atoms with van der Waals surface area (Å²) in [5.41, 5.74) is 2.82. The highest BCUT2D eigenvalue weighted by Gasteiger charge is 2.14. The minimum absolute atomic E-state index is 0.0550. The number of likely N-dealkylation sites (N-methyl/N-ethyl adjacent to an activating group) is 1. The topological polar surface area (TPSA) is 92.2 Å². The van der Waals surface area contributed by atoms with Crippen molar-refractivity contribution in [1.29, 1.82) is 0 Å². The number of rotatable bonds is 5. The van der Waals surface area contributed by atoms with Gasteiger partial charge >= 0.3 is 0 Å².